The van der Waals surface area contributed by atoms with Gasteiger partial charge in [0.15, 0.2) is 6.29 Å². The molecule has 1 aromatic heterocycles. The Morgan fingerprint density at radius 2 is 1.70 bits per heavy atom. The second-order valence-corrected chi connectivity index (χ2v) is 12.0. The van der Waals surface area contributed by atoms with Crippen LogP contribution in [-0.2, 0) is 25.7 Å². The second kappa shape index (κ2) is 16.3. The van der Waals surface area contributed by atoms with Gasteiger partial charge in [0.25, 0.3) is 0 Å². The fraction of sp³-hybridized carbons (Fsp3) is 0.364. The van der Waals surface area contributed by atoms with E-state index in [0.717, 1.165) is 41.6 Å². The number of aliphatic hydroxyl groups excluding tert-OH is 1. The fourth-order valence-corrected chi connectivity index (χ4v) is 5.92. The van der Waals surface area contributed by atoms with Gasteiger partial charge >= 0.3 is 0 Å². The van der Waals surface area contributed by atoms with Crippen LogP contribution in [0.4, 0.5) is 5.69 Å². The first kappa shape index (κ1) is 33.1. The van der Waals surface area contributed by atoms with Gasteiger partial charge in [-0.05, 0) is 70.8 Å². The van der Waals surface area contributed by atoms with Gasteiger partial charge < -0.3 is 30.3 Å². The number of nitrogens with zero attached hydrogens (tertiary/aromatic N) is 4. The van der Waals surface area contributed by atoms with E-state index in [0.29, 0.717) is 36.0 Å². The molecule has 2 heterocycles. The molecule has 5 rings (SSSR count). The summed E-state index contributed by atoms with van der Waals surface area (Å²) in [6.07, 6.45) is 2.33. The number of aromatic hydroxyl groups is 1. The van der Waals surface area contributed by atoms with Crippen molar-refractivity contribution in [2.24, 2.45) is 0 Å². The van der Waals surface area contributed by atoms with Crippen molar-refractivity contribution < 1.29 is 29.3 Å². The Kier molecular flexibility index (Phi) is 11.7. The third kappa shape index (κ3) is 9.36. The number of phenols is 1. The molecule has 13 heteroatoms. The maximum atomic E-state index is 12.5. The third-order valence-electron chi connectivity index (χ3n) is 7.47. The van der Waals surface area contributed by atoms with Crippen molar-refractivity contribution in [3.05, 3.63) is 89.5 Å². The minimum atomic E-state index is -0.650. The van der Waals surface area contributed by atoms with Crippen molar-refractivity contribution in [1.29, 1.82) is 0 Å². The van der Waals surface area contributed by atoms with E-state index < -0.39 is 6.29 Å². The summed E-state index contributed by atoms with van der Waals surface area (Å²) in [7, 11) is 0. The Balaban J connectivity index is 1.22. The zero-order chi connectivity index (χ0) is 32.3. The quantitative estimate of drug-likeness (QED) is 0.110. The van der Waals surface area contributed by atoms with E-state index in [1.807, 2.05) is 48.5 Å². The lowest BCUT2D eigenvalue weighted by Crippen LogP contribution is -2.31. The number of carbonyl (C=O) groups is 2. The number of amides is 2. The summed E-state index contributed by atoms with van der Waals surface area (Å²) >= 11 is 1.47. The van der Waals surface area contributed by atoms with Crippen molar-refractivity contribution in [3.8, 4) is 11.4 Å². The SMILES string of the molecule is CC(=O)NCCCCCC(=O)Nc1ccc(C2OC(CSc3nnnn3-c3ccc(O)cc3)CC(c3ccc(CO)cc3)O2)cc1. The minimum absolute atomic E-state index is 0.0337. The topological polar surface area (TPSA) is 161 Å². The highest BCUT2D eigenvalue weighted by Gasteiger charge is 2.32. The lowest BCUT2D eigenvalue weighted by atomic mass is 10.0. The van der Waals surface area contributed by atoms with Crippen LogP contribution in [0.25, 0.3) is 5.69 Å². The number of benzene rings is 3. The van der Waals surface area contributed by atoms with Crippen LogP contribution < -0.4 is 10.6 Å². The third-order valence-corrected chi connectivity index (χ3v) is 8.52. The molecule has 1 saturated heterocycles. The molecule has 1 aliphatic heterocycles. The van der Waals surface area contributed by atoms with Crippen LogP contribution in [0.1, 0.15) is 68.1 Å². The number of thioether (sulfide) groups is 1. The van der Waals surface area contributed by atoms with Crippen LogP contribution >= 0.6 is 11.8 Å². The number of aromatic nitrogens is 4. The van der Waals surface area contributed by atoms with Crippen molar-refractivity contribution in [3.63, 3.8) is 0 Å². The van der Waals surface area contributed by atoms with Crippen molar-refractivity contribution >= 4 is 29.3 Å². The number of phenolic OH excluding ortho intramolecular Hbond substituents is 1. The Morgan fingerprint density at radius 1 is 0.957 bits per heavy atom. The van der Waals surface area contributed by atoms with Gasteiger partial charge in [-0.2, -0.15) is 4.68 Å². The van der Waals surface area contributed by atoms with Crippen LogP contribution in [-0.4, -0.2) is 60.6 Å². The van der Waals surface area contributed by atoms with Crippen molar-refractivity contribution in [1.82, 2.24) is 25.5 Å². The molecule has 46 heavy (non-hydrogen) atoms. The van der Waals surface area contributed by atoms with Gasteiger partial charge in [-0.1, -0.05) is 54.6 Å². The van der Waals surface area contributed by atoms with Gasteiger partial charge in [0.1, 0.15) is 5.75 Å². The summed E-state index contributed by atoms with van der Waals surface area (Å²) in [5.41, 5.74) is 4.04. The number of nitrogens with one attached hydrogen (secondary N) is 2. The largest absolute Gasteiger partial charge is 0.508 e. The Morgan fingerprint density at radius 3 is 2.41 bits per heavy atom. The van der Waals surface area contributed by atoms with Gasteiger partial charge in [-0.15, -0.1) is 5.10 Å². The van der Waals surface area contributed by atoms with Gasteiger partial charge in [0.05, 0.1) is 24.5 Å². The normalized spacial score (nSPS) is 17.8. The molecule has 4 aromatic rings. The summed E-state index contributed by atoms with van der Waals surface area (Å²) in [5.74, 6) is 0.614. The maximum Gasteiger partial charge on any atom is 0.224 e. The molecular weight excluding hydrogens is 608 g/mol. The second-order valence-electron chi connectivity index (χ2n) is 11.0. The minimum Gasteiger partial charge on any atom is -0.508 e. The number of anilines is 1. The van der Waals surface area contributed by atoms with Crippen LogP contribution in [0.15, 0.2) is 78.0 Å². The lowest BCUT2D eigenvalue weighted by Gasteiger charge is -2.36. The summed E-state index contributed by atoms with van der Waals surface area (Å²) in [6.45, 7) is 2.08. The lowest BCUT2D eigenvalue weighted by molar-refractivity contribution is -0.245. The highest BCUT2D eigenvalue weighted by molar-refractivity contribution is 7.99. The molecule has 4 N–H and O–H groups in total. The number of tetrazole rings is 1. The first-order chi connectivity index (χ1) is 22.4. The van der Waals surface area contributed by atoms with E-state index in [1.165, 1.54) is 18.7 Å². The predicted molar refractivity (Wildman–Crippen MR) is 172 cm³/mol. The highest BCUT2D eigenvalue weighted by atomic mass is 32.2. The molecule has 0 saturated carbocycles. The van der Waals surface area contributed by atoms with Crippen molar-refractivity contribution in [2.75, 3.05) is 17.6 Å². The monoisotopic (exact) mass is 646 g/mol. The molecule has 0 radical (unpaired) electrons. The molecule has 3 aromatic carbocycles. The number of hydrogen-bond donors (Lipinski definition) is 4. The van der Waals surface area contributed by atoms with Crippen LogP contribution in [0, 0.1) is 0 Å². The molecule has 0 aliphatic carbocycles. The zero-order valence-electron chi connectivity index (χ0n) is 25.5. The van der Waals surface area contributed by atoms with Crippen LogP contribution in [0.2, 0.25) is 0 Å². The highest BCUT2D eigenvalue weighted by Crippen LogP contribution is 2.39. The number of carbonyl (C=O) groups excluding carboxylic acids is 2. The predicted octanol–water partition coefficient (Wildman–Crippen LogP) is 4.83. The first-order valence-electron chi connectivity index (χ1n) is 15.2. The Hall–Kier alpha value is -4.30. The Bertz CT molecular complexity index is 1570. The Labute approximate surface area is 271 Å². The number of ether oxygens (including phenoxy) is 2. The molecular formula is C33H38N6O6S. The molecule has 0 spiro atoms. The fourth-order valence-electron chi connectivity index (χ4n) is 5.01. The molecule has 2 amide bonds. The van der Waals surface area contributed by atoms with E-state index in [2.05, 4.69) is 26.2 Å². The van der Waals surface area contributed by atoms with Gasteiger partial charge in [-0.3, -0.25) is 9.59 Å². The first-order valence-corrected chi connectivity index (χ1v) is 16.2. The number of aliphatic hydroxyl groups is 1. The molecule has 3 atom stereocenters. The summed E-state index contributed by atoms with van der Waals surface area (Å²) in [6, 6.07) is 21.8. The summed E-state index contributed by atoms with van der Waals surface area (Å²) in [5, 5.41) is 37.6. The molecule has 242 valence electrons. The zero-order valence-corrected chi connectivity index (χ0v) is 26.4. The van der Waals surface area contributed by atoms with Crippen LogP contribution in [0.3, 0.4) is 0 Å². The van der Waals surface area contributed by atoms with Gasteiger partial charge in [-0.25, -0.2) is 0 Å². The molecule has 3 unspecified atom stereocenters. The number of hydrogen-bond acceptors (Lipinski definition) is 10. The standard InChI is InChI=1S/C33H38N6O6S/c1-22(41)34-18-4-2-3-5-31(43)35-26-12-10-25(11-13-26)32-44-29(19-30(45-32)24-8-6-23(20-40)7-9-24)21-46-33-36-37-38-39(33)27-14-16-28(42)17-15-27/h6-17,29-30,32,40,42H,2-5,18-21H2,1H3,(H,34,41)(H,35,43). The molecule has 1 aliphatic rings. The van der Waals surface area contributed by atoms with Gasteiger partial charge in [0.2, 0.25) is 17.0 Å². The number of unbranched alkanes of at least 4 members (excludes halogenated alkanes) is 2. The van der Waals surface area contributed by atoms with E-state index in [1.54, 1.807) is 28.9 Å². The summed E-state index contributed by atoms with van der Waals surface area (Å²) < 4.78 is 14.5. The van der Waals surface area contributed by atoms with E-state index >= 15 is 0 Å². The number of rotatable bonds is 14. The van der Waals surface area contributed by atoms with E-state index in [9.17, 15) is 19.8 Å². The average molecular weight is 647 g/mol. The van der Waals surface area contributed by atoms with Crippen molar-refractivity contribution in [2.45, 2.75) is 69.3 Å². The van der Waals surface area contributed by atoms with E-state index in [-0.39, 0.29) is 36.4 Å². The van der Waals surface area contributed by atoms with Crippen LogP contribution in [0.5, 0.6) is 5.75 Å². The van der Waals surface area contributed by atoms with Gasteiger partial charge in [0, 0.05) is 43.3 Å². The molecule has 12 nitrogen and oxygen atoms in total. The maximum absolute atomic E-state index is 12.5. The molecule has 0 bridgehead atoms. The smallest absolute Gasteiger partial charge is 0.224 e. The average Bonchev–Trinajstić information content (AvgIpc) is 3.54. The van der Waals surface area contributed by atoms with E-state index in [4.69, 9.17) is 9.47 Å². The summed E-state index contributed by atoms with van der Waals surface area (Å²) in [4.78, 5) is 23.4. The molecule has 1 fully saturated rings.